The van der Waals surface area contributed by atoms with Gasteiger partial charge in [0.1, 0.15) is 18.2 Å². The maximum Gasteiger partial charge on any atom is 0.416 e. The Labute approximate surface area is 160 Å². The molecule has 28 heavy (non-hydrogen) atoms. The highest BCUT2D eigenvalue weighted by atomic mass is 19.4. The third kappa shape index (κ3) is 4.81. The number of nitrogens with zero attached hydrogens (tertiary/aromatic N) is 1. The molecule has 0 bridgehead atoms. The predicted octanol–water partition coefficient (Wildman–Crippen LogP) is 3.60. The summed E-state index contributed by atoms with van der Waals surface area (Å²) in [5.41, 5.74) is 0.0710. The van der Waals surface area contributed by atoms with Gasteiger partial charge >= 0.3 is 6.18 Å². The van der Waals surface area contributed by atoms with Crippen LogP contribution in [-0.4, -0.2) is 30.9 Å². The lowest BCUT2D eigenvalue weighted by molar-refractivity contribution is -0.137. The summed E-state index contributed by atoms with van der Waals surface area (Å²) in [5, 5.41) is 2.59. The summed E-state index contributed by atoms with van der Waals surface area (Å²) >= 11 is 0. The van der Waals surface area contributed by atoms with Gasteiger partial charge in [0.15, 0.2) is 0 Å². The van der Waals surface area contributed by atoms with Crippen LogP contribution in [0.5, 0.6) is 5.75 Å². The molecule has 1 heterocycles. The van der Waals surface area contributed by atoms with Crippen molar-refractivity contribution >= 4 is 5.91 Å². The summed E-state index contributed by atoms with van der Waals surface area (Å²) in [7, 11) is 1.59. The van der Waals surface area contributed by atoms with Gasteiger partial charge < -0.3 is 10.1 Å². The van der Waals surface area contributed by atoms with Crippen LogP contribution >= 0.6 is 0 Å². The van der Waals surface area contributed by atoms with Crippen LogP contribution in [-0.2, 0) is 24.1 Å². The molecule has 1 N–H and O–H groups in total. The van der Waals surface area contributed by atoms with Crippen molar-refractivity contribution in [1.29, 1.82) is 0 Å². The van der Waals surface area contributed by atoms with Crippen molar-refractivity contribution in [1.82, 2.24) is 10.2 Å². The number of ether oxygens (including phenoxy) is 1. The molecular formula is C20H20F4N2O2. The van der Waals surface area contributed by atoms with Crippen molar-refractivity contribution in [3.05, 3.63) is 65.0 Å². The first-order valence-electron chi connectivity index (χ1n) is 8.77. The second-order valence-corrected chi connectivity index (χ2v) is 6.75. The molecule has 150 valence electrons. The smallest absolute Gasteiger partial charge is 0.416 e. The highest BCUT2D eigenvalue weighted by molar-refractivity contribution is 5.79. The van der Waals surface area contributed by atoms with Crippen molar-refractivity contribution < 1.29 is 27.1 Å². The summed E-state index contributed by atoms with van der Waals surface area (Å²) in [5.74, 6) is -0.298. The van der Waals surface area contributed by atoms with Crippen LogP contribution in [0.2, 0.25) is 0 Å². The Balaban J connectivity index is 1.56. The van der Waals surface area contributed by atoms with Crippen LogP contribution in [0, 0.1) is 11.7 Å². The van der Waals surface area contributed by atoms with Crippen molar-refractivity contribution in [3.63, 3.8) is 0 Å². The molecule has 0 aliphatic carbocycles. The number of hydrogen-bond acceptors (Lipinski definition) is 3. The van der Waals surface area contributed by atoms with E-state index in [-0.39, 0.29) is 24.2 Å². The molecule has 0 aromatic heterocycles. The van der Waals surface area contributed by atoms with Crippen LogP contribution < -0.4 is 10.1 Å². The summed E-state index contributed by atoms with van der Waals surface area (Å²) in [6, 6.07) is 9.22. The minimum atomic E-state index is -4.42. The fourth-order valence-corrected chi connectivity index (χ4v) is 3.06. The van der Waals surface area contributed by atoms with Crippen LogP contribution in [0.3, 0.4) is 0 Å². The number of benzene rings is 2. The van der Waals surface area contributed by atoms with Crippen LogP contribution in [0.4, 0.5) is 17.6 Å². The maximum absolute atomic E-state index is 14.3. The molecule has 8 heteroatoms. The van der Waals surface area contributed by atoms with Crippen LogP contribution in [0.15, 0.2) is 42.5 Å². The highest BCUT2D eigenvalue weighted by Gasteiger charge is 2.32. The largest absolute Gasteiger partial charge is 0.489 e. The number of likely N-dealkylation sites (tertiary alicyclic amines) is 1. The van der Waals surface area contributed by atoms with E-state index in [9.17, 15) is 22.4 Å². The summed E-state index contributed by atoms with van der Waals surface area (Å²) in [6.45, 7) is 1.44. The second kappa shape index (κ2) is 8.18. The monoisotopic (exact) mass is 396 g/mol. The highest BCUT2D eigenvalue weighted by Crippen LogP contribution is 2.30. The molecule has 1 amide bonds. The van der Waals surface area contributed by atoms with Gasteiger partial charge in [0.05, 0.1) is 11.5 Å². The number of carbonyl (C=O) groups excluding carboxylic acids is 1. The lowest BCUT2D eigenvalue weighted by atomic mass is 9.98. The van der Waals surface area contributed by atoms with Gasteiger partial charge in [-0.3, -0.25) is 9.69 Å². The molecule has 1 aliphatic heterocycles. The van der Waals surface area contributed by atoms with Gasteiger partial charge in [-0.05, 0) is 23.8 Å². The van der Waals surface area contributed by atoms with E-state index < -0.39 is 17.6 Å². The van der Waals surface area contributed by atoms with E-state index in [0.717, 1.165) is 12.1 Å². The zero-order chi connectivity index (χ0) is 20.3. The first-order valence-corrected chi connectivity index (χ1v) is 8.77. The molecule has 0 atom stereocenters. The van der Waals surface area contributed by atoms with Crippen molar-refractivity contribution in [2.24, 2.45) is 5.92 Å². The summed E-state index contributed by atoms with van der Waals surface area (Å²) in [4.78, 5) is 13.4. The van der Waals surface area contributed by atoms with Crippen LogP contribution in [0.1, 0.15) is 16.7 Å². The summed E-state index contributed by atoms with van der Waals surface area (Å²) in [6.07, 6.45) is -4.42. The Morgan fingerprint density at radius 2 is 1.96 bits per heavy atom. The average molecular weight is 396 g/mol. The van der Waals surface area contributed by atoms with Gasteiger partial charge in [0.2, 0.25) is 5.91 Å². The Bertz CT molecular complexity index is 848. The molecule has 0 radical (unpaired) electrons. The topological polar surface area (TPSA) is 41.6 Å². The molecule has 0 spiro atoms. The summed E-state index contributed by atoms with van der Waals surface area (Å²) < 4.78 is 58.0. The Morgan fingerprint density at radius 1 is 1.21 bits per heavy atom. The number of hydrogen-bond donors (Lipinski definition) is 1. The molecule has 2 aromatic carbocycles. The van der Waals surface area contributed by atoms with Gasteiger partial charge in [0, 0.05) is 38.3 Å². The lowest BCUT2D eigenvalue weighted by Gasteiger charge is -2.38. The fraction of sp³-hybridized carbons (Fsp3) is 0.350. The number of carbonyl (C=O) groups is 1. The Kier molecular flexibility index (Phi) is 5.88. The standard InChI is InChI=1S/C20H20F4N2O2/c1-25-19(27)15-10-26(11-15)9-14-5-6-17(8-18(14)21)28-12-13-3-2-4-16(7-13)20(22,23)24/h2-8,15H,9-12H2,1H3,(H,25,27). The number of halogens is 4. The number of alkyl halides is 3. The first kappa shape index (κ1) is 20.1. The molecule has 0 unspecified atom stereocenters. The molecule has 1 aliphatic rings. The van der Waals surface area contributed by atoms with Gasteiger partial charge in [-0.15, -0.1) is 0 Å². The first-order chi connectivity index (χ1) is 13.3. The van der Waals surface area contributed by atoms with Crippen molar-refractivity contribution in [2.45, 2.75) is 19.3 Å². The Hall–Kier alpha value is -2.61. The van der Waals surface area contributed by atoms with E-state index in [1.807, 2.05) is 4.90 Å². The third-order valence-electron chi connectivity index (χ3n) is 4.65. The molecule has 1 saturated heterocycles. The lowest BCUT2D eigenvalue weighted by Crippen LogP contribution is -2.52. The quantitative estimate of drug-likeness (QED) is 0.759. The van der Waals surface area contributed by atoms with Gasteiger partial charge in [0.25, 0.3) is 0 Å². The van der Waals surface area contributed by atoms with E-state index in [1.165, 1.54) is 18.2 Å². The van der Waals surface area contributed by atoms with Crippen molar-refractivity contribution in [2.75, 3.05) is 20.1 Å². The molecule has 1 fully saturated rings. The van der Waals surface area contributed by atoms with Gasteiger partial charge in [-0.1, -0.05) is 18.2 Å². The van der Waals surface area contributed by atoms with Gasteiger partial charge in [-0.2, -0.15) is 13.2 Å². The number of nitrogens with one attached hydrogen (secondary N) is 1. The van der Waals surface area contributed by atoms with Gasteiger partial charge in [-0.25, -0.2) is 4.39 Å². The number of rotatable bonds is 6. The Morgan fingerprint density at radius 3 is 2.61 bits per heavy atom. The number of amides is 1. The zero-order valence-electron chi connectivity index (χ0n) is 15.2. The predicted molar refractivity (Wildman–Crippen MR) is 95.0 cm³/mol. The molecular weight excluding hydrogens is 376 g/mol. The van der Waals surface area contributed by atoms with E-state index in [1.54, 1.807) is 19.2 Å². The minimum absolute atomic E-state index is 0.0185. The SMILES string of the molecule is CNC(=O)C1CN(Cc2ccc(OCc3cccc(C(F)(F)F)c3)cc2F)C1. The maximum atomic E-state index is 14.3. The van der Waals surface area contributed by atoms with E-state index >= 15 is 0 Å². The third-order valence-corrected chi connectivity index (χ3v) is 4.65. The minimum Gasteiger partial charge on any atom is -0.489 e. The normalized spacial score (nSPS) is 15.2. The second-order valence-electron chi connectivity index (χ2n) is 6.75. The van der Waals surface area contributed by atoms with Crippen LogP contribution in [0.25, 0.3) is 0 Å². The molecule has 4 nitrogen and oxygen atoms in total. The molecule has 2 aromatic rings. The van der Waals surface area contributed by atoms with E-state index in [4.69, 9.17) is 4.74 Å². The molecule has 0 saturated carbocycles. The van der Waals surface area contributed by atoms with Crippen molar-refractivity contribution in [3.8, 4) is 5.75 Å². The zero-order valence-corrected chi connectivity index (χ0v) is 15.2. The fourth-order valence-electron chi connectivity index (χ4n) is 3.06. The average Bonchev–Trinajstić information content (AvgIpc) is 2.63. The van der Waals surface area contributed by atoms with E-state index in [0.29, 0.717) is 30.8 Å². The van der Waals surface area contributed by atoms with E-state index in [2.05, 4.69) is 5.32 Å². The molecule has 3 rings (SSSR count).